The number of hydrogen-bond acceptors (Lipinski definition) is 4. The van der Waals surface area contributed by atoms with Crippen molar-refractivity contribution in [1.82, 2.24) is 5.32 Å². The van der Waals surface area contributed by atoms with Crippen molar-refractivity contribution in [2.75, 3.05) is 13.7 Å². The summed E-state index contributed by atoms with van der Waals surface area (Å²) in [6.07, 6.45) is 0.757. The molecule has 2 aromatic carbocycles. The van der Waals surface area contributed by atoms with Gasteiger partial charge >= 0.3 is 5.97 Å². The summed E-state index contributed by atoms with van der Waals surface area (Å²) in [7, 11) is 1.60. The van der Waals surface area contributed by atoms with E-state index >= 15 is 0 Å². The Labute approximate surface area is 158 Å². The Bertz CT molecular complexity index is 746. The van der Waals surface area contributed by atoms with Crippen LogP contribution in [0.15, 0.2) is 48.5 Å². The summed E-state index contributed by atoms with van der Waals surface area (Å²) in [6, 6.07) is 14.5. The van der Waals surface area contributed by atoms with Crippen LogP contribution in [0.25, 0.3) is 0 Å². The van der Waals surface area contributed by atoms with Gasteiger partial charge in [-0.3, -0.25) is 9.59 Å². The summed E-state index contributed by atoms with van der Waals surface area (Å²) in [6.45, 7) is 1.54. The standard InChI is InChI=1S/C20H22ClNO4/c1-14(16-4-3-5-17(21)12-16)22-19(23)13-26-20(24)11-8-15-6-9-18(25-2)10-7-15/h3-7,9-10,12,14H,8,11,13H2,1-2H3,(H,22,23)/t14-/m1/s1. The van der Waals surface area contributed by atoms with Gasteiger partial charge in [-0.15, -0.1) is 0 Å². The molecule has 0 radical (unpaired) electrons. The third-order valence-corrected chi connectivity index (χ3v) is 4.10. The van der Waals surface area contributed by atoms with Crippen molar-refractivity contribution >= 4 is 23.5 Å². The molecule has 1 N–H and O–H groups in total. The second kappa shape index (κ2) is 9.82. The Balaban J connectivity index is 1.71. The second-order valence-corrected chi connectivity index (χ2v) is 6.29. The fourth-order valence-electron chi connectivity index (χ4n) is 2.40. The third-order valence-electron chi connectivity index (χ3n) is 3.87. The smallest absolute Gasteiger partial charge is 0.306 e. The number of amides is 1. The first-order chi connectivity index (χ1) is 12.5. The molecule has 6 heteroatoms. The van der Waals surface area contributed by atoms with Gasteiger partial charge in [0.25, 0.3) is 5.91 Å². The molecular formula is C20H22ClNO4. The Hall–Kier alpha value is -2.53. The normalized spacial score (nSPS) is 11.5. The minimum atomic E-state index is -0.411. The zero-order valence-corrected chi connectivity index (χ0v) is 15.6. The molecule has 0 aromatic heterocycles. The van der Waals surface area contributed by atoms with E-state index in [9.17, 15) is 9.59 Å². The van der Waals surface area contributed by atoms with Crippen molar-refractivity contribution in [2.24, 2.45) is 0 Å². The lowest BCUT2D eigenvalue weighted by atomic mass is 10.1. The number of aryl methyl sites for hydroxylation is 1. The van der Waals surface area contributed by atoms with E-state index in [1.54, 1.807) is 19.2 Å². The van der Waals surface area contributed by atoms with Gasteiger partial charge < -0.3 is 14.8 Å². The van der Waals surface area contributed by atoms with Crippen LogP contribution < -0.4 is 10.1 Å². The van der Waals surface area contributed by atoms with Crippen molar-refractivity contribution < 1.29 is 19.1 Å². The van der Waals surface area contributed by atoms with E-state index in [2.05, 4.69) is 5.32 Å². The lowest BCUT2D eigenvalue weighted by Crippen LogP contribution is -2.31. The molecule has 138 valence electrons. The van der Waals surface area contributed by atoms with Gasteiger partial charge in [-0.2, -0.15) is 0 Å². The van der Waals surface area contributed by atoms with Crippen LogP contribution in [-0.2, 0) is 20.7 Å². The van der Waals surface area contributed by atoms with E-state index in [0.717, 1.165) is 16.9 Å². The van der Waals surface area contributed by atoms with Crippen molar-refractivity contribution in [2.45, 2.75) is 25.8 Å². The molecule has 0 unspecified atom stereocenters. The van der Waals surface area contributed by atoms with Crippen molar-refractivity contribution in [3.05, 3.63) is 64.7 Å². The topological polar surface area (TPSA) is 64.6 Å². The van der Waals surface area contributed by atoms with Crippen LogP contribution in [0.1, 0.15) is 30.5 Å². The summed E-state index contributed by atoms with van der Waals surface area (Å²) in [5.41, 5.74) is 1.89. The van der Waals surface area contributed by atoms with E-state index in [1.807, 2.05) is 43.3 Å². The molecule has 5 nitrogen and oxygen atoms in total. The number of rotatable bonds is 8. The van der Waals surface area contributed by atoms with Crippen LogP contribution in [0.3, 0.4) is 0 Å². The highest BCUT2D eigenvalue weighted by atomic mass is 35.5. The van der Waals surface area contributed by atoms with Gasteiger partial charge in [0.1, 0.15) is 5.75 Å². The number of carbonyl (C=O) groups is 2. The van der Waals surface area contributed by atoms with Crippen LogP contribution >= 0.6 is 11.6 Å². The van der Waals surface area contributed by atoms with Crippen LogP contribution in [0.2, 0.25) is 5.02 Å². The van der Waals surface area contributed by atoms with Gasteiger partial charge in [-0.25, -0.2) is 0 Å². The maximum Gasteiger partial charge on any atom is 0.306 e. The number of ether oxygens (including phenoxy) is 2. The SMILES string of the molecule is COc1ccc(CCC(=O)OCC(=O)N[C@H](C)c2cccc(Cl)c2)cc1. The van der Waals surface area contributed by atoms with Crippen LogP contribution in [0.5, 0.6) is 5.75 Å². The molecule has 2 aromatic rings. The fourth-order valence-corrected chi connectivity index (χ4v) is 2.60. The van der Waals surface area contributed by atoms with E-state index in [4.69, 9.17) is 21.1 Å². The monoisotopic (exact) mass is 375 g/mol. The van der Waals surface area contributed by atoms with E-state index in [-0.39, 0.29) is 25.0 Å². The number of nitrogens with one attached hydrogen (secondary N) is 1. The number of halogens is 1. The molecule has 0 heterocycles. The van der Waals surface area contributed by atoms with Crippen LogP contribution in [0, 0.1) is 0 Å². The molecule has 0 aliphatic carbocycles. The van der Waals surface area contributed by atoms with Gasteiger partial charge in [0.2, 0.25) is 0 Å². The molecule has 1 amide bonds. The molecule has 0 saturated carbocycles. The van der Waals surface area contributed by atoms with Gasteiger partial charge in [0.05, 0.1) is 13.2 Å². The van der Waals surface area contributed by atoms with Gasteiger partial charge in [-0.1, -0.05) is 35.9 Å². The van der Waals surface area contributed by atoms with Crippen LogP contribution in [-0.4, -0.2) is 25.6 Å². The second-order valence-electron chi connectivity index (χ2n) is 5.85. The highest BCUT2D eigenvalue weighted by Crippen LogP contribution is 2.17. The lowest BCUT2D eigenvalue weighted by Gasteiger charge is -2.14. The van der Waals surface area contributed by atoms with Crippen molar-refractivity contribution in [3.8, 4) is 5.75 Å². The molecule has 0 aliphatic heterocycles. The first-order valence-corrected chi connectivity index (χ1v) is 8.69. The fraction of sp³-hybridized carbons (Fsp3) is 0.300. The van der Waals surface area contributed by atoms with E-state index in [0.29, 0.717) is 11.4 Å². The zero-order valence-electron chi connectivity index (χ0n) is 14.8. The molecule has 0 saturated heterocycles. The molecular weight excluding hydrogens is 354 g/mol. The number of hydrogen-bond donors (Lipinski definition) is 1. The largest absolute Gasteiger partial charge is 0.497 e. The van der Waals surface area contributed by atoms with Gasteiger partial charge in [0.15, 0.2) is 6.61 Å². The Morgan fingerprint density at radius 3 is 2.54 bits per heavy atom. The molecule has 2 rings (SSSR count). The Morgan fingerprint density at radius 1 is 1.15 bits per heavy atom. The average molecular weight is 376 g/mol. The molecule has 0 bridgehead atoms. The van der Waals surface area contributed by atoms with Crippen LogP contribution in [0.4, 0.5) is 0 Å². The maximum atomic E-state index is 11.9. The van der Waals surface area contributed by atoms with E-state index < -0.39 is 5.97 Å². The Morgan fingerprint density at radius 2 is 1.88 bits per heavy atom. The minimum Gasteiger partial charge on any atom is -0.497 e. The van der Waals surface area contributed by atoms with Gasteiger partial charge in [0, 0.05) is 11.4 Å². The molecule has 0 aliphatic rings. The average Bonchev–Trinajstić information content (AvgIpc) is 2.65. The first kappa shape index (κ1) is 19.8. The molecule has 1 atom stereocenters. The third kappa shape index (κ3) is 6.41. The first-order valence-electron chi connectivity index (χ1n) is 8.31. The summed E-state index contributed by atoms with van der Waals surface area (Å²) < 4.78 is 10.1. The summed E-state index contributed by atoms with van der Waals surface area (Å²) in [5.74, 6) is 0.00321. The molecule has 26 heavy (non-hydrogen) atoms. The summed E-state index contributed by atoms with van der Waals surface area (Å²) >= 11 is 5.94. The molecule has 0 spiro atoms. The summed E-state index contributed by atoms with van der Waals surface area (Å²) in [5, 5.41) is 3.38. The predicted octanol–water partition coefficient (Wildman–Crippen LogP) is 3.70. The molecule has 0 fully saturated rings. The highest BCUT2D eigenvalue weighted by molar-refractivity contribution is 6.30. The number of benzene rings is 2. The van der Waals surface area contributed by atoms with E-state index in [1.165, 1.54) is 0 Å². The maximum absolute atomic E-state index is 11.9. The van der Waals surface area contributed by atoms with Crippen molar-refractivity contribution in [1.29, 1.82) is 0 Å². The Kier molecular flexibility index (Phi) is 7.48. The minimum absolute atomic E-state index is 0.212. The highest BCUT2D eigenvalue weighted by Gasteiger charge is 2.12. The van der Waals surface area contributed by atoms with Crippen molar-refractivity contribution in [3.63, 3.8) is 0 Å². The predicted molar refractivity (Wildman–Crippen MR) is 100 cm³/mol. The number of methoxy groups -OCH3 is 1. The van der Waals surface area contributed by atoms with Gasteiger partial charge in [-0.05, 0) is 48.7 Å². The number of carbonyl (C=O) groups excluding carboxylic acids is 2. The summed E-state index contributed by atoms with van der Waals surface area (Å²) in [4.78, 5) is 23.7. The lowest BCUT2D eigenvalue weighted by molar-refractivity contribution is -0.148. The zero-order chi connectivity index (χ0) is 18.9. The quantitative estimate of drug-likeness (QED) is 0.714. The number of esters is 1.